The largest absolute Gasteiger partial charge is 0.493 e. The van der Waals surface area contributed by atoms with Crippen molar-refractivity contribution in [3.63, 3.8) is 0 Å². The highest BCUT2D eigenvalue weighted by Crippen LogP contribution is 2.33. The Labute approximate surface area is 155 Å². The summed E-state index contributed by atoms with van der Waals surface area (Å²) < 4.78 is 12.3. The van der Waals surface area contributed by atoms with Gasteiger partial charge in [-0.3, -0.25) is 4.79 Å². The summed E-state index contributed by atoms with van der Waals surface area (Å²) >= 11 is 1.45. The molecule has 0 aliphatic heterocycles. The minimum Gasteiger partial charge on any atom is -0.493 e. The number of aryl methyl sites for hydroxylation is 1. The van der Waals surface area contributed by atoms with E-state index in [0.717, 1.165) is 17.0 Å². The average Bonchev–Trinajstić information content (AvgIpc) is 3.27. The first-order chi connectivity index (χ1) is 12.5. The molecule has 1 N–H and O–H groups in total. The minimum atomic E-state index is -0.0668. The molecule has 0 unspecified atom stereocenters. The SMILES string of the molecule is CCC(=O)Nc1cc(C)nn1-c1nc(-c2ccc(OC)c(OC)c2)cs1. The molecule has 136 valence electrons. The molecule has 8 heteroatoms. The molecule has 2 heterocycles. The molecule has 2 aromatic heterocycles. The number of amides is 1. The van der Waals surface area contributed by atoms with Crippen LogP contribution in [-0.2, 0) is 4.79 Å². The van der Waals surface area contributed by atoms with Crippen molar-refractivity contribution in [2.24, 2.45) is 0 Å². The number of carbonyl (C=O) groups excluding carboxylic acids is 1. The molecule has 0 aliphatic rings. The zero-order chi connectivity index (χ0) is 18.7. The lowest BCUT2D eigenvalue weighted by Gasteiger charge is -2.08. The van der Waals surface area contributed by atoms with Gasteiger partial charge in [0.05, 0.1) is 25.6 Å². The number of hydrogen-bond donors (Lipinski definition) is 1. The number of nitrogens with one attached hydrogen (secondary N) is 1. The Balaban J connectivity index is 1.95. The normalized spacial score (nSPS) is 10.6. The number of ether oxygens (including phenoxy) is 2. The van der Waals surface area contributed by atoms with Gasteiger partial charge in [0.2, 0.25) is 11.0 Å². The second-order valence-corrected chi connectivity index (χ2v) is 6.41. The highest BCUT2D eigenvalue weighted by molar-refractivity contribution is 7.12. The Morgan fingerprint density at radius 2 is 2.00 bits per heavy atom. The van der Waals surface area contributed by atoms with E-state index in [1.54, 1.807) is 18.9 Å². The van der Waals surface area contributed by atoms with Gasteiger partial charge in [-0.1, -0.05) is 6.92 Å². The van der Waals surface area contributed by atoms with E-state index in [1.165, 1.54) is 11.3 Å². The fourth-order valence-corrected chi connectivity index (χ4v) is 3.25. The molecular weight excluding hydrogens is 352 g/mol. The van der Waals surface area contributed by atoms with E-state index in [9.17, 15) is 4.79 Å². The van der Waals surface area contributed by atoms with Crippen molar-refractivity contribution in [2.75, 3.05) is 19.5 Å². The zero-order valence-electron chi connectivity index (χ0n) is 15.1. The van der Waals surface area contributed by atoms with E-state index >= 15 is 0 Å². The van der Waals surface area contributed by atoms with E-state index in [0.29, 0.717) is 28.9 Å². The number of nitrogens with zero attached hydrogens (tertiary/aromatic N) is 3. The first-order valence-electron chi connectivity index (χ1n) is 8.10. The van der Waals surface area contributed by atoms with Gasteiger partial charge in [-0.15, -0.1) is 11.3 Å². The van der Waals surface area contributed by atoms with Gasteiger partial charge in [-0.05, 0) is 25.1 Å². The summed E-state index contributed by atoms with van der Waals surface area (Å²) in [5, 5.41) is 9.91. The fourth-order valence-electron chi connectivity index (χ4n) is 2.46. The Hall–Kier alpha value is -2.87. The number of rotatable bonds is 6. The summed E-state index contributed by atoms with van der Waals surface area (Å²) in [6.07, 6.45) is 0.402. The maximum atomic E-state index is 11.7. The Bertz CT molecular complexity index is 932. The van der Waals surface area contributed by atoms with E-state index in [1.807, 2.05) is 43.5 Å². The van der Waals surface area contributed by atoms with Crippen molar-refractivity contribution in [1.29, 1.82) is 0 Å². The third kappa shape index (κ3) is 3.55. The predicted molar refractivity (Wildman–Crippen MR) is 101 cm³/mol. The maximum Gasteiger partial charge on any atom is 0.225 e. The Morgan fingerprint density at radius 3 is 2.69 bits per heavy atom. The van der Waals surface area contributed by atoms with Crippen LogP contribution < -0.4 is 14.8 Å². The summed E-state index contributed by atoms with van der Waals surface area (Å²) in [4.78, 5) is 16.4. The first kappa shape index (κ1) is 17.9. The predicted octanol–water partition coefficient (Wildman–Crippen LogP) is 3.67. The molecule has 0 bridgehead atoms. The van der Waals surface area contributed by atoms with E-state index < -0.39 is 0 Å². The Kier molecular flexibility index (Phi) is 5.22. The van der Waals surface area contributed by atoms with Gasteiger partial charge in [-0.2, -0.15) is 9.78 Å². The molecular formula is C18H20N4O3S. The van der Waals surface area contributed by atoms with Gasteiger partial charge >= 0.3 is 0 Å². The number of aromatic nitrogens is 3. The summed E-state index contributed by atoms with van der Waals surface area (Å²) in [7, 11) is 3.20. The van der Waals surface area contributed by atoms with Crippen LogP contribution >= 0.6 is 11.3 Å². The molecule has 0 saturated carbocycles. The van der Waals surface area contributed by atoms with Crippen LogP contribution in [0.25, 0.3) is 16.4 Å². The summed E-state index contributed by atoms with van der Waals surface area (Å²) in [5.41, 5.74) is 2.51. The van der Waals surface area contributed by atoms with Gasteiger partial charge < -0.3 is 14.8 Å². The molecule has 0 spiro atoms. The third-order valence-corrected chi connectivity index (χ3v) is 4.59. The van der Waals surface area contributed by atoms with E-state index in [4.69, 9.17) is 9.47 Å². The van der Waals surface area contributed by atoms with Crippen LogP contribution in [0.3, 0.4) is 0 Å². The van der Waals surface area contributed by atoms with Crippen LogP contribution in [0.15, 0.2) is 29.6 Å². The molecule has 3 aromatic rings. The second-order valence-electron chi connectivity index (χ2n) is 5.57. The summed E-state index contributed by atoms with van der Waals surface area (Å²) in [5.74, 6) is 1.86. The number of anilines is 1. The van der Waals surface area contributed by atoms with Crippen molar-refractivity contribution < 1.29 is 14.3 Å². The Morgan fingerprint density at radius 1 is 1.23 bits per heavy atom. The zero-order valence-corrected chi connectivity index (χ0v) is 15.9. The molecule has 0 aliphatic carbocycles. The summed E-state index contributed by atoms with van der Waals surface area (Å²) in [6, 6.07) is 7.48. The highest BCUT2D eigenvalue weighted by Gasteiger charge is 2.15. The monoisotopic (exact) mass is 372 g/mol. The van der Waals surface area contributed by atoms with Crippen molar-refractivity contribution in [2.45, 2.75) is 20.3 Å². The molecule has 0 atom stereocenters. The summed E-state index contributed by atoms with van der Waals surface area (Å²) in [6.45, 7) is 3.68. The van der Waals surface area contributed by atoms with Gasteiger partial charge in [0.25, 0.3) is 0 Å². The fraction of sp³-hybridized carbons (Fsp3) is 0.278. The van der Waals surface area contributed by atoms with Crippen molar-refractivity contribution in [1.82, 2.24) is 14.8 Å². The molecule has 0 saturated heterocycles. The van der Waals surface area contributed by atoms with Crippen LogP contribution in [-0.4, -0.2) is 34.9 Å². The highest BCUT2D eigenvalue weighted by atomic mass is 32.1. The quantitative estimate of drug-likeness (QED) is 0.714. The van der Waals surface area contributed by atoms with Crippen molar-refractivity contribution in [3.05, 3.63) is 35.3 Å². The number of benzene rings is 1. The van der Waals surface area contributed by atoms with Crippen LogP contribution in [0.2, 0.25) is 0 Å². The maximum absolute atomic E-state index is 11.7. The lowest BCUT2D eigenvalue weighted by molar-refractivity contribution is -0.115. The van der Waals surface area contributed by atoms with Crippen molar-refractivity contribution in [3.8, 4) is 27.9 Å². The topological polar surface area (TPSA) is 78.3 Å². The van der Waals surface area contributed by atoms with Crippen LogP contribution in [0.4, 0.5) is 5.82 Å². The molecule has 3 rings (SSSR count). The number of hydrogen-bond acceptors (Lipinski definition) is 6. The molecule has 26 heavy (non-hydrogen) atoms. The van der Waals surface area contributed by atoms with Gasteiger partial charge in [0.15, 0.2) is 11.5 Å². The van der Waals surface area contributed by atoms with Crippen LogP contribution in [0, 0.1) is 6.92 Å². The molecule has 0 radical (unpaired) electrons. The molecule has 7 nitrogen and oxygen atoms in total. The van der Waals surface area contributed by atoms with E-state index in [-0.39, 0.29) is 5.91 Å². The van der Waals surface area contributed by atoms with Crippen molar-refractivity contribution >= 4 is 23.1 Å². The minimum absolute atomic E-state index is 0.0668. The average molecular weight is 372 g/mol. The molecule has 0 fully saturated rings. The standard InChI is InChI=1S/C18H20N4O3S/c1-5-17(23)20-16-8-11(2)21-22(16)18-19-13(10-26-18)12-6-7-14(24-3)15(9-12)25-4/h6-10H,5H2,1-4H3,(H,20,23). The number of carbonyl (C=O) groups is 1. The third-order valence-electron chi connectivity index (χ3n) is 3.77. The van der Waals surface area contributed by atoms with Gasteiger partial charge in [0.1, 0.15) is 5.82 Å². The lowest BCUT2D eigenvalue weighted by Crippen LogP contribution is -2.13. The second kappa shape index (κ2) is 7.57. The van der Waals surface area contributed by atoms with Crippen LogP contribution in [0.5, 0.6) is 11.5 Å². The molecule has 1 aromatic carbocycles. The number of methoxy groups -OCH3 is 2. The lowest BCUT2D eigenvalue weighted by atomic mass is 10.1. The first-order valence-corrected chi connectivity index (χ1v) is 8.98. The van der Waals surface area contributed by atoms with E-state index in [2.05, 4.69) is 15.4 Å². The van der Waals surface area contributed by atoms with Gasteiger partial charge in [-0.25, -0.2) is 4.98 Å². The van der Waals surface area contributed by atoms with Crippen LogP contribution in [0.1, 0.15) is 19.0 Å². The molecule has 1 amide bonds. The smallest absolute Gasteiger partial charge is 0.225 e. The number of thiazole rings is 1. The van der Waals surface area contributed by atoms with Gasteiger partial charge in [0, 0.05) is 23.4 Å².